The molecule has 0 saturated heterocycles. The minimum Gasteiger partial charge on any atom is -0.341 e. The van der Waals surface area contributed by atoms with E-state index < -0.39 is 23.9 Å². The highest BCUT2D eigenvalue weighted by atomic mass is 19.4. The van der Waals surface area contributed by atoms with Crippen molar-refractivity contribution in [1.29, 1.82) is 0 Å². The van der Waals surface area contributed by atoms with E-state index >= 15 is 0 Å². The molecule has 0 bridgehead atoms. The van der Waals surface area contributed by atoms with Crippen LogP contribution in [0.3, 0.4) is 0 Å². The van der Waals surface area contributed by atoms with Crippen molar-refractivity contribution in [2.24, 2.45) is 0 Å². The van der Waals surface area contributed by atoms with Crippen molar-refractivity contribution < 1.29 is 22.4 Å². The van der Waals surface area contributed by atoms with Crippen molar-refractivity contribution in [3.63, 3.8) is 0 Å². The average molecular weight is 339 g/mol. The quantitative estimate of drug-likeness (QED) is 0.799. The van der Waals surface area contributed by atoms with E-state index in [1.54, 1.807) is 0 Å². The van der Waals surface area contributed by atoms with Crippen molar-refractivity contribution in [3.05, 3.63) is 71.0 Å². The van der Waals surface area contributed by atoms with Gasteiger partial charge in [0.05, 0.1) is 0 Å². The van der Waals surface area contributed by atoms with E-state index in [0.717, 1.165) is 35.4 Å². The third-order valence-electron chi connectivity index (χ3n) is 3.72. The van der Waals surface area contributed by atoms with Crippen molar-refractivity contribution in [1.82, 2.24) is 5.32 Å². The molecule has 1 unspecified atom stereocenters. The topological polar surface area (TPSA) is 29.1 Å². The summed E-state index contributed by atoms with van der Waals surface area (Å²) in [4.78, 5) is 11.9. The van der Waals surface area contributed by atoms with Gasteiger partial charge in [0.15, 0.2) is 6.04 Å². The van der Waals surface area contributed by atoms with Gasteiger partial charge in [-0.2, -0.15) is 13.2 Å². The molecule has 0 aliphatic heterocycles. The van der Waals surface area contributed by atoms with Gasteiger partial charge in [0, 0.05) is 6.42 Å². The lowest BCUT2D eigenvalue weighted by Gasteiger charge is -2.22. The average Bonchev–Trinajstić information content (AvgIpc) is 2.52. The van der Waals surface area contributed by atoms with Crippen LogP contribution in [0.2, 0.25) is 0 Å². The predicted molar refractivity (Wildman–Crippen MR) is 82.8 cm³/mol. The number of carbonyl (C=O) groups excluding carboxylic acids is 1. The maximum atomic E-state index is 13.2. The molecule has 6 heteroatoms. The second-order valence-electron chi connectivity index (χ2n) is 5.52. The Kier molecular flexibility index (Phi) is 5.59. The Labute approximate surface area is 137 Å². The smallest absolute Gasteiger partial charge is 0.341 e. The third kappa shape index (κ3) is 4.81. The Balaban J connectivity index is 2.05. The zero-order valence-electron chi connectivity index (χ0n) is 13.0. The molecule has 1 amide bonds. The fourth-order valence-corrected chi connectivity index (χ4v) is 2.38. The molecule has 0 aromatic heterocycles. The summed E-state index contributed by atoms with van der Waals surface area (Å²) in [6.07, 6.45) is -4.36. The van der Waals surface area contributed by atoms with Crippen LogP contribution in [0.4, 0.5) is 17.6 Å². The highest BCUT2D eigenvalue weighted by molar-refractivity contribution is 5.76. The Morgan fingerprint density at radius 3 is 2.29 bits per heavy atom. The number of nitrogens with one attached hydrogen (secondary N) is 1. The molecule has 0 spiro atoms. The van der Waals surface area contributed by atoms with E-state index in [-0.39, 0.29) is 12.0 Å². The van der Waals surface area contributed by atoms with Crippen LogP contribution in [0.5, 0.6) is 0 Å². The van der Waals surface area contributed by atoms with E-state index in [1.165, 1.54) is 0 Å². The largest absolute Gasteiger partial charge is 0.412 e. The second-order valence-corrected chi connectivity index (χ2v) is 5.52. The van der Waals surface area contributed by atoms with E-state index in [1.807, 2.05) is 36.5 Å². The summed E-state index contributed by atoms with van der Waals surface area (Å²) in [7, 11) is 0. The minimum absolute atomic E-state index is 0.0569. The van der Waals surface area contributed by atoms with Crippen molar-refractivity contribution >= 4 is 5.91 Å². The number of amides is 1. The number of rotatable bonds is 5. The highest BCUT2D eigenvalue weighted by Gasteiger charge is 2.41. The van der Waals surface area contributed by atoms with Gasteiger partial charge in [0.2, 0.25) is 5.91 Å². The van der Waals surface area contributed by atoms with E-state index in [9.17, 15) is 22.4 Å². The van der Waals surface area contributed by atoms with Gasteiger partial charge < -0.3 is 5.32 Å². The van der Waals surface area contributed by atoms with Gasteiger partial charge >= 0.3 is 6.18 Å². The molecular weight excluding hydrogens is 322 g/mol. The summed E-state index contributed by atoms with van der Waals surface area (Å²) in [5, 5.41) is 2.00. The summed E-state index contributed by atoms with van der Waals surface area (Å²) < 4.78 is 52.4. The first-order chi connectivity index (χ1) is 11.3. The summed E-state index contributed by atoms with van der Waals surface area (Å²) in [5.41, 5.74) is 1.70. The molecule has 2 aromatic carbocycles. The molecule has 0 aliphatic carbocycles. The molecule has 0 saturated carbocycles. The Morgan fingerprint density at radius 1 is 1.08 bits per heavy atom. The fraction of sp³-hybridized carbons (Fsp3) is 0.278. The van der Waals surface area contributed by atoms with Crippen LogP contribution >= 0.6 is 0 Å². The lowest BCUT2D eigenvalue weighted by atomic mass is 10.0. The number of aryl methyl sites for hydroxylation is 2. The number of hydrogen-bond donors (Lipinski definition) is 1. The fourth-order valence-electron chi connectivity index (χ4n) is 2.38. The molecular formula is C18H17F4NO. The molecule has 2 rings (SSSR count). The number of hydrogen-bond acceptors (Lipinski definition) is 1. The van der Waals surface area contributed by atoms with Gasteiger partial charge in [-0.15, -0.1) is 0 Å². The number of benzene rings is 2. The SMILES string of the molecule is Cc1ccccc1CCC(=O)NC(c1ccc(F)cc1)C(F)(F)F. The molecule has 2 aromatic rings. The van der Waals surface area contributed by atoms with Crippen LogP contribution in [-0.4, -0.2) is 12.1 Å². The first kappa shape index (κ1) is 18.0. The van der Waals surface area contributed by atoms with Crippen LogP contribution in [0.25, 0.3) is 0 Å². The van der Waals surface area contributed by atoms with Gasteiger partial charge in [-0.3, -0.25) is 4.79 Å². The first-order valence-electron chi connectivity index (χ1n) is 7.43. The van der Waals surface area contributed by atoms with Crippen LogP contribution in [0.1, 0.15) is 29.2 Å². The lowest BCUT2D eigenvalue weighted by Crippen LogP contribution is -2.38. The molecule has 0 radical (unpaired) electrons. The molecule has 24 heavy (non-hydrogen) atoms. The minimum atomic E-state index is -4.66. The van der Waals surface area contributed by atoms with E-state index in [2.05, 4.69) is 0 Å². The monoisotopic (exact) mass is 339 g/mol. The predicted octanol–water partition coefficient (Wildman–Crippen LogP) is 4.49. The third-order valence-corrected chi connectivity index (χ3v) is 3.72. The van der Waals surface area contributed by atoms with Gasteiger partial charge in [-0.25, -0.2) is 4.39 Å². The zero-order valence-corrected chi connectivity index (χ0v) is 13.0. The zero-order chi connectivity index (χ0) is 17.7. The molecule has 0 aliphatic rings. The van der Waals surface area contributed by atoms with Gasteiger partial charge in [0.1, 0.15) is 5.82 Å². The second kappa shape index (κ2) is 7.47. The summed E-state index contributed by atoms with van der Waals surface area (Å²) >= 11 is 0. The number of alkyl halides is 3. The Bertz CT molecular complexity index is 695. The first-order valence-corrected chi connectivity index (χ1v) is 7.43. The van der Waals surface area contributed by atoms with Crippen LogP contribution in [0, 0.1) is 12.7 Å². The van der Waals surface area contributed by atoms with Crippen molar-refractivity contribution in [2.45, 2.75) is 32.0 Å². The van der Waals surface area contributed by atoms with Crippen LogP contribution < -0.4 is 5.32 Å². The number of carbonyl (C=O) groups is 1. The van der Waals surface area contributed by atoms with Gasteiger partial charge in [-0.05, 0) is 42.2 Å². The number of halogens is 4. The molecule has 2 nitrogen and oxygen atoms in total. The maximum Gasteiger partial charge on any atom is 0.412 e. The van der Waals surface area contributed by atoms with Crippen LogP contribution in [0.15, 0.2) is 48.5 Å². The van der Waals surface area contributed by atoms with Crippen molar-refractivity contribution in [3.8, 4) is 0 Å². The molecule has 1 atom stereocenters. The maximum absolute atomic E-state index is 13.2. The normalized spacial score (nSPS) is 12.7. The Morgan fingerprint density at radius 2 is 1.71 bits per heavy atom. The standard InChI is InChI=1S/C18H17F4NO/c1-12-4-2-3-5-13(12)8-11-16(24)23-17(18(20,21)22)14-6-9-15(19)10-7-14/h2-7,9-10,17H,8,11H2,1H3,(H,23,24). The molecule has 1 N–H and O–H groups in total. The van der Waals surface area contributed by atoms with Crippen LogP contribution in [-0.2, 0) is 11.2 Å². The molecule has 0 heterocycles. The molecule has 128 valence electrons. The molecule has 0 fully saturated rings. The summed E-state index contributed by atoms with van der Waals surface area (Å²) in [6.45, 7) is 1.88. The summed E-state index contributed by atoms with van der Waals surface area (Å²) in [5.74, 6) is -1.34. The lowest BCUT2D eigenvalue weighted by molar-refractivity contribution is -0.163. The van der Waals surface area contributed by atoms with E-state index in [0.29, 0.717) is 6.42 Å². The highest BCUT2D eigenvalue weighted by Crippen LogP contribution is 2.32. The van der Waals surface area contributed by atoms with Crippen molar-refractivity contribution in [2.75, 3.05) is 0 Å². The van der Waals surface area contributed by atoms with E-state index in [4.69, 9.17) is 0 Å². The van der Waals surface area contributed by atoms with Gasteiger partial charge in [0.25, 0.3) is 0 Å². The Hall–Kier alpha value is -2.37. The summed E-state index contributed by atoms with van der Waals surface area (Å²) in [6, 6.07) is 9.16. The van der Waals surface area contributed by atoms with Gasteiger partial charge in [-0.1, -0.05) is 36.4 Å².